The van der Waals surface area contributed by atoms with E-state index in [0.29, 0.717) is 0 Å². The number of hydrogen-bond acceptors (Lipinski definition) is 1. The Bertz CT molecular complexity index is 394. The van der Waals surface area contributed by atoms with Gasteiger partial charge >= 0.3 is 0 Å². The summed E-state index contributed by atoms with van der Waals surface area (Å²) in [6.45, 7) is 4.16. The van der Waals surface area contributed by atoms with Gasteiger partial charge in [0.1, 0.15) is 0 Å². The van der Waals surface area contributed by atoms with Crippen molar-refractivity contribution < 1.29 is 0 Å². The third kappa shape index (κ3) is 3.02. The van der Waals surface area contributed by atoms with Crippen LogP contribution in [0.4, 0.5) is 0 Å². The van der Waals surface area contributed by atoms with Crippen LogP contribution in [0.25, 0.3) is 0 Å². The Hall–Kier alpha value is -0.530. The second-order valence-corrected chi connectivity index (χ2v) is 5.86. The van der Waals surface area contributed by atoms with Gasteiger partial charge in [0.15, 0.2) is 0 Å². The molecule has 1 saturated carbocycles. The van der Waals surface area contributed by atoms with E-state index in [0.717, 1.165) is 22.9 Å². The minimum Gasteiger partial charge on any atom is -0.324 e. The van der Waals surface area contributed by atoms with Crippen LogP contribution < -0.4 is 5.73 Å². The fourth-order valence-corrected chi connectivity index (χ4v) is 3.15. The minimum atomic E-state index is 0.175. The average molecular weight is 252 g/mol. The lowest BCUT2D eigenvalue weighted by Crippen LogP contribution is -2.15. The molecule has 2 rings (SSSR count). The summed E-state index contributed by atoms with van der Waals surface area (Å²) >= 11 is 6.12. The predicted molar refractivity (Wildman–Crippen MR) is 74.4 cm³/mol. The quantitative estimate of drug-likeness (QED) is 0.839. The Balaban J connectivity index is 2.12. The van der Waals surface area contributed by atoms with Crippen molar-refractivity contribution >= 4 is 11.6 Å². The highest BCUT2D eigenvalue weighted by Gasteiger charge is 2.20. The summed E-state index contributed by atoms with van der Waals surface area (Å²) in [4.78, 5) is 0. The van der Waals surface area contributed by atoms with Crippen molar-refractivity contribution in [3.63, 3.8) is 0 Å². The summed E-state index contributed by atoms with van der Waals surface area (Å²) < 4.78 is 0. The van der Waals surface area contributed by atoms with Gasteiger partial charge in [0.05, 0.1) is 0 Å². The molecular formula is C15H22ClN. The Kier molecular flexibility index (Phi) is 4.11. The van der Waals surface area contributed by atoms with Crippen molar-refractivity contribution in [3.05, 3.63) is 33.8 Å². The molecule has 1 nitrogen and oxygen atoms in total. The molecule has 0 heterocycles. The van der Waals surface area contributed by atoms with E-state index >= 15 is 0 Å². The van der Waals surface area contributed by atoms with E-state index in [1.54, 1.807) is 0 Å². The third-order valence-corrected chi connectivity index (χ3v) is 4.42. The zero-order chi connectivity index (χ0) is 12.4. The maximum atomic E-state index is 6.35. The van der Waals surface area contributed by atoms with Crippen molar-refractivity contribution in [1.82, 2.24) is 0 Å². The second-order valence-electron chi connectivity index (χ2n) is 5.45. The molecule has 2 heteroatoms. The Morgan fingerprint density at radius 2 is 1.88 bits per heavy atom. The molecule has 17 heavy (non-hydrogen) atoms. The smallest absolute Gasteiger partial charge is 0.0438 e. The van der Waals surface area contributed by atoms with Gasteiger partial charge in [0, 0.05) is 11.1 Å². The second kappa shape index (κ2) is 5.41. The molecule has 0 aliphatic heterocycles. The van der Waals surface area contributed by atoms with E-state index in [-0.39, 0.29) is 6.04 Å². The first-order valence-electron chi connectivity index (χ1n) is 6.60. The molecule has 1 atom stereocenters. The van der Waals surface area contributed by atoms with Crippen LogP contribution in [0.5, 0.6) is 0 Å². The van der Waals surface area contributed by atoms with E-state index in [9.17, 15) is 0 Å². The largest absolute Gasteiger partial charge is 0.324 e. The van der Waals surface area contributed by atoms with Crippen LogP contribution in [-0.4, -0.2) is 0 Å². The summed E-state index contributed by atoms with van der Waals surface area (Å²) in [6.07, 6.45) is 6.62. The zero-order valence-electron chi connectivity index (χ0n) is 10.8. The Morgan fingerprint density at radius 1 is 1.24 bits per heavy atom. The molecule has 1 aliphatic rings. The van der Waals surface area contributed by atoms with Gasteiger partial charge in [-0.05, 0) is 48.9 Å². The standard InChI is InChI=1S/C15H22ClN/c1-10-8-14(16)11(2)7-13(10)15(17)9-12-5-3-4-6-12/h7-8,12,15H,3-6,9,17H2,1-2H3. The summed E-state index contributed by atoms with van der Waals surface area (Å²) in [5.41, 5.74) is 9.99. The van der Waals surface area contributed by atoms with Crippen LogP contribution in [0.2, 0.25) is 5.02 Å². The number of nitrogens with two attached hydrogens (primary N) is 1. The molecule has 1 fully saturated rings. The van der Waals surface area contributed by atoms with Crippen LogP contribution in [0, 0.1) is 19.8 Å². The third-order valence-electron chi connectivity index (χ3n) is 4.01. The summed E-state index contributed by atoms with van der Waals surface area (Å²) in [6, 6.07) is 4.38. The number of hydrogen-bond donors (Lipinski definition) is 1. The van der Waals surface area contributed by atoms with Gasteiger partial charge in [-0.2, -0.15) is 0 Å². The maximum Gasteiger partial charge on any atom is 0.0438 e. The molecule has 1 aliphatic carbocycles. The molecule has 0 amide bonds. The number of rotatable bonds is 3. The summed E-state index contributed by atoms with van der Waals surface area (Å²) in [5, 5.41) is 0.847. The van der Waals surface area contributed by atoms with Crippen LogP contribution in [0.1, 0.15) is 54.8 Å². The number of halogens is 1. The van der Waals surface area contributed by atoms with Crippen LogP contribution in [0.15, 0.2) is 12.1 Å². The molecule has 0 bridgehead atoms. The average Bonchev–Trinajstić information content (AvgIpc) is 2.76. The lowest BCUT2D eigenvalue weighted by molar-refractivity contribution is 0.450. The fourth-order valence-electron chi connectivity index (χ4n) is 2.93. The van der Waals surface area contributed by atoms with Crippen LogP contribution in [0.3, 0.4) is 0 Å². The Labute approximate surface area is 109 Å². The highest BCUT2D eigenvalue weighted by molar-refractivity contribution is 6.31. The van der Waals surface area contributed by atoms with Gasteiger partial charge in [0.2, 0.25) is 0 Å². The molecule has 2 N–H and O–H groups in total. The first-order valence-corrected chi connectivity index (χ1v) is 6.98. The summed E-state index contributed by atoms with van der Waals surface area (Å²) in [5.74, 6) is 0.834. The van der Waals surface area contributed by atoms with Crippen molar-refractivity contribution in [3.8, 4) is 0 Å². The molecule has 1 aromatic carbocycles. The van der Waals surface area contributed by atoms with E-state index in [2.05, 4.69) is 13.0 Å². The lowest BCUT2D eigenvalue weighted by atomic mass is 9.91. The molecule has 1 unspecified atom stereocenters. The zero-order valence-corrected chi connectivity index (χ0v) is 11.6. The van der Waals surface area contributed by atoms with Gasteiger partial charge < -0.3 is 5.73 Å². The van der Waals surface area contributed by atoms with Gasteiger partial charge in [-0.3, -0.25) is 0 Å². The van der Waals surface area contributed by atoms with E-state index in [1.807, 2.05) is 13.0 Å². The summed E-state index contributed by atoms with van der Waals surface area (Å²) in [7, 11) is 0. The first kappa shape index (κ1) is 12.9. The van der Waals surface area contributed by atoms with Gasteiger partial charge in [-0.15, -0.1) is 0 Å². The SMILES string of the molecule is Cc1cc(C(N)CC2CCCC2)c(C)cc1Cl. The molecule has 1 aromatic rings. The molecule has 0 spiro atoms. The van der Waals surface area contributed by atoms with Crippen molar-refractivity contribution in [1.29, 1.82) is 0 Å². The topological polar surface area (TPSA) is 26.0 Å². The van der Waals surface area contributed by atoms with Crippen LogP contribution >= 0.6 is 11.6 Å². The maximum absolute atomic E-state index is 6.35. The van der Waals surface area contributed by atoms with Gasteiger partial charge in [-0.1, -0.05) is 43.4 Å². The highest BCUT2D eigenvalue weighted by atomic mass is 35.5. The van der Waals surface area contributed by atoms with Gasteiger partial charge in [0.25, 0.3) is 0 Å². The van der Waals surface area contributed by atoms with Crippen molar-refractivity contribution in [2.45, 2.75) is 52.0 Å². The van der Waals surface area contributed by atoms with Crippen molar-refractivity contribution in [2.75, 3.05) is 0 Å². The number of aryl methyl sites for hydroxylation is 2. The van der Waals surface area contributed by atoms with E-state index in [1.165, 1.54) is 36.8 Å². The molecule has 94 valence electrons. The molecule has 0 saturated heterocycles. The molecular weight excluding hydrogens is 230 g/mol. The van der Waals surface area contributed by atoms with E-state index in [4.69, 9.17) is 17.3 Å². The van der Waals surface area contributed by atoms with Gasteiger partial charge in [-0.25, -0.2) is 0 Å². The molecule has 0 radical (unpaired) electrons. The van der Waals surface area contributed by atoms with E-state index < -0.39 is 0 Å². The lowest BCUT2D eigenvalue weighted by Gasteiger charge is -2.19. The van der Waals surface area contributed by atoms with Crippen molar-refractivity contribution in [2.24, 2.45) is 11.7 Å². The van der Waals surface area contributed by atoms with Crippen LogP contribution in [-0.2, 0) is 0 Å². The predicted octanol–water partition coefficient (Wildman–Crippen LogP) is 4.54. The monoisotopic (exact) mass is 251 g/mol. The normalized spacial score (nSPS) is 18.6. The molecule has 0 aromatic heterocycles. The minimum absolute atomic E-state index is 0.175. The first-order chi connectivity index (χ1) is 8.08. The number of benzene rings is 1. The fraction of sp³-hybridized carbons (Fsp3) is 0.600. The Morgan fingerprint density at radius 3 is 2.53 bits per heavy atom. The highest BCUT2D eigenvalue weighted by Crippen LogP contribution is 2.33.